The molecule has 0 unspecified atom stereocenters. The SMILES string of the molecule is CC(=O)N1CCN(S(=O)(=O)c2cn[nH]c2)C[C@@H](C(N)=O)C1. The molecule has 0 aromatic carbocycles. The monoisotopic (exact) mass is 315 g/mol. The van der Waals surface area contributed by atoms with Crippen LogP contribution >= 0.6 is 0 Å². The maximum absolute atomic E-state index is 12.5. The lowest BCUT2D eigenvalue weighted by Gasteiger charge is -2.21. The summed E-state index contributed by atoms with van der Waals surface area (Å²) >= 11 is 0. The minimum absolute atomic E-state index is 0.0157. The number of nitrogens with one attached hydrogen (secondary N) is 1. The van der Waals surface area contributed by atoms with Crippen molar-refractivity contribution in [2.75, 3.05) is 26.2 Å². The van der Waals surface area contributed by atoms with E-state index < -0.39 is 21.8 Å². The van der Waals surface area contributed by atoms with Crippen LogP contribution in [0.2, 0.25) is 0 Å². The summed E-state index contributed by atoms with van der Waals surface area (Å²) in [6, 6.07) is 0. The molecule has 1 saturated heterocycles. The van der Waals surface area contributed by atoms with E-state index in [1.165, 1.54) is 24.2 Å². The van der Waals surface area contributed by atoms with E-state index in [0.29, 0.717) is 0 Å². The van der Waals surface area contributed by atoms with E-state index in [-0.39, 0.29) is 37.0 Å². The Balaban J connectivity index is 2.28. The number of hydrogen-bond donors (Lipinski definition) is 2. The van der Waals surface area contributed by atoms with Gasteiger partial charge < -0.3 is 10.6 Å². The first-order valence-electron chi connectivity index (χ1n) is 6.36. The van der Waals surface area contributed by atoms with Crippen molar-refractivity contribution in [1.29, 1.82) is 0 Å². The quantitative estimate of drug-likeness (QED) is 0.691. The van der Waals surface area contributed by atoms with Crippen LogP contribution < -0.4 is 5.73 Å². The number of sulfonamides is 1. The molecule has 3 N–H and O–H groups in total. The van der Waals surface area contributed by atoms with Crippen LogP contribution in [0.3, 0.4) is 0 Å². The van der Waals surface area contributed by atoms with E-state index in [2.05, 4.69) is 10.2 Å². The van der Waals surface area contributed by atoms with Crippen molar-refractivity contribution < 1.29 is 18.0 Å². The largest absolute Gasteiger partial charge is 0.369 e. The molecule has 0 aliphatic carbocycles. The molecule has 0 radical (unpaired) electrons. The van der Waals surface area contributed by atoms with Gasteiger partial charge in [0.05, 0.1) is 12.1 Å². The number of carbonyl (C=O) groups is 2. The zero-order valence-corrected chi connectivity index (χ0v) is 12.3. The number of carbonyl (C=O) groups excluding carboxylic acids is 2. The van der Waals surface area contributed by atoms with Crippen LogP contribution in [0.5, 0.6) is 0 Å². The molecule has 21 heavy (non-hydrogen) atoms. The van der Waals surface area contributed by atoms with Gasteiger partial charge in [0, 0.05) is 39.3 Å². The fourth-order valence-electron chi connectivity index (χ4n) is 2.20. The predicted octanol–water partition coefficient (Wildman–Crippen LogP) is -1.64. The number of aromatic amines is 1. The first kappa shape index (κ1) is 15.4. The van der Waals surface area contributed by atoms with Crippen LogP contribution in [0.4, 0.5) is 0 Å². The van der Waals surface area contributed by atoms with Gasteiger partial charge in [-0.1, -0.05) is 0 Å². The summed E-state index contributed by atoms with van der Waals surface area (Å²) in [5.74, 6) is -1.59. The van der Waals surface area contributed by atoms with Gasteiger partial charge in [-0.05, 0) is 0 Å². The first-order valence-corrected chi connectivity index (χ1v) is 7.80. The molecule has 1 aromatic heterocycles. The third-order valence-electron chi connectivity index (χ3n) is 3.44. The summed E-state index contributed by atoms with van der Waals surface area (Å²) in [5, 5.41) is 6.06. The van der Waals surface area contributed by atoms with E-state index in [9.17, 15) is 18.0 Å². The lowest BCUT2D eigenvalue weighted by molar-refractivity contribution is -0.130. The number of aromatic nitrogens is 2. The molecule has 0 spiro atoms. The van der Waals surface area contributed by atoms with Crippen LogP contribution in [-0.4, -0.2) is 65.8 Å². The van der Waals surface area contributed by atoms with Gasteiger partial charge in [-0.25, -0.2) is 8.42 Å². The van der Waals surface area contributed by atoms with Crippen molar-refractivity contribution in [3.63, 3.8) is 0 Å². The van der Waals surface area contributed by atoms with Crippen molar-refractivity contribution in [2.24, 2.45) is 11.7 Å². The number of primary amides is 1. The molecule has 0 saturated carbocycles. The molecule has 1 fully saturated rings. The van der Waals surface area contributed by atoms with E-state index in [1.54, 1.807) is 0 Å². The summed E-state index contributed by atoms with van der Waals surface area (Å²) < 4.78 is 26.1. The normalized spacial score (nSPS) is 21.0. The van der Waals surface area contributed by atoms with Crippen molar-refractivity contribution in [3.8, 4) is 0 Å². The predicted molar refractivity (Wildman–Crippen MR) is 72.3 cm³/mol. The van der Waals surface area contributed by atoms with Crippen molar-refractivity contribution in [1.82, 2.24) is 19.4 Å². The first-order chi connectivity index (χ1) is 9.82. The molecule has 1 aliphatic rings. The molecule has 9 nitrogen and oxygen atoms in total. The van der Waals surface area contributed by atoms with Crippen LogP contribution in [0.1, 0.15) is 6.92 Å². The molecule has 0 bridgehead atoms. The smallest absolute Gasteiger partial charge is 0.246 e. The van der Waals surface area contributed by atoms with Crippen molar-refractivity contribution >= 4 is 21.8 Å². The van der Waals surface area contributed by atoms with Crippen LogP contribution in [0.15, 0.2) is 17.3 Å². The van der Waals surface area contributed by atoms with Crippen LogP contribution in [0, 0.1) is 5.92 Å². The Kier molecular flexibility index (Phi) is 4.28. The summed E-state index contributed by atoms with van der Waals surface area (Å²) in [5.41, 5.74) is 5.31. The van der Waals surface area contributed by atoms with Gasteiger partial charge in [0.1, 0.15) is 4.90 Å². The molecular formula is C11H17N5O4S. The number of nitrogens with two attached hydrogens (primary N) is 1. The molecule has 116 valence electrons. The minimum Gasteiger partial charge on any atom is -0.369 e. The maximum atomic E-state index is 12.5. The Bertz CT molecular complexity index is 627. The van der Waals surface area contributed by atoms with Crippen LogP contribution in [0.25, 0.3) is 0 Å². The molecule has 1 atom stereocenters. The molecule has 2 amide bonds. The lowest BCUT2D eigenvalue weighted by atomic mass is 10.1. The Hall–Kier alpha value is -1.94. The van der Waals surface area contributed by atoms with E-state index in [1.807, 2.05) is 0 Å². The second-order valence-corrected chi connectivity index (χ2v) is 6.80. The minimum atomic E-state index is -3.76. The summed E-state index contributed by atoms with van der Waals surface area (Å²) in [7, 11) is -3.76. The molecule has 10 heteroatoms. The number of nitrogens with zero attached hydrogens (tertiary/aromatic N) is 3. The molecule has 2 heterocycles. The molecule has 2 rings (SSSR count). The highest BCUT2D eigenvalue weighted by Gasteiger charge is 2.34. The summed E-state index contributed by atoms with van der Waals surface area (Å²) in [6.45, 7) is 1.78. The average Bonchev–Trinajstić information content (AvgIpc) is 2.83. The third kappa shape index (κ3) is 3.22. The van der Waals surface area contributed by atoms with E-state index >= 15 is 0 Å². The Morgan fingerprint density at radius 2 is 2.10 bits per heavy atom. The highest BCUT2D eigenvalue weighted by Crippen LogP contribution is 2.18. The highest BCUT2D eigenvalue weighted by molar-refractivity contribution is 7.89. The van der Waals surface area contributed by atoms with Crippen molar-refractivity contribution in [3.05, 3.63) is 12.4 Å². The molecule has 1 aromatic rings. The summed E-state index contributed by atoms with van der Waals surface area (Å²) in [4.78, 5) is 24.4. The number of rotatable bonds is 3. The molecule has 1 aliphatic heterocycles. The van der Waals surface area contributed by atoms with Gasteiger partial charge in [-0.3, -0.25) is 14.7 Å². The summed E-state index contributed by atoms with van der Waals surface area (Å²) in [6.07, 6.45) is 2.46. The van der Waals surface area contributed by atoms with Gasteiger partial charge in [0.25, 0.3) is 0 Å². The zero-order valence-electron chi connectivity index (χ0n) is 11.5. The standard InChI is InChI=1S/C11H17N5O4S/c1-8(17)15-2-3-16(7-9(6-15)11(12)18)21(19,20)10-4-13-14-5-10/h4-5,9H,2-3,6-7H2,1H3,(H2,12,18)(H,13,14)/t9-/m0/s1. The highest BCUT2D eigenvalue weighted by atomic mass is 32.2. The Morgan fingerprint density at radius 3 is 2.62 bits per heavy atom. The second kappa shape index (κ2) is 5.82. The Labute approximate surface area is 122 Å². The maximum Gasteiger partial charge on any atom is 0.246 e. The Morgan fingerprint density at radius 1 is 1.38 bits per heavy atom. The molecular weight excluding hydrogens is 298 g/mol. The number of amides is 2. The van der Waals surface area contributed by atoms with Gasteiger partial charge in [0.15, 0.2) is 0 Å². The zero-order chi connectivity index (χ0) is 15.6. The lowest BCUT2D eigenvalue weighted by Crippen LogP contribution is -2.40. The van der Waals surface area contributed by atoms with E-state index in [0.717, 1.165) is 4.31 Å². The van der Waals surface area contributed by atoms with Gasteiger partial charge in [0.2, 0.25) is 21.8 Å². The fourth-order valence-corrected chi connectivity index (χ4v) is 3.58. The second-order valence-electron chi connectivity index (χ2n) is 4.86. The van der Waals surface area contributed by atoms with Gasteiger partial charge in [-0.15, -0.1) is 0 Å². The third-order valence-corrected chi connectivity index (χ3v) is 5.27. The van der Waals surface area contributed by atoms with E-state index in [4.69, 9.17) is 5.73 Å². The fraction of sp³-hybridized carbons (Fsp3) is 0.545. The van der Waals surface area contributed by atoms with Crippen LogP contribution in [-0.2, 0) is 19.6 Å². The van der Waals surface area contributed by atoms with Gasteiger partial charge in [-0.2, -0.15) is 9.40 Å². The van der Waals surface area contributed by atoms with Crippen molar-refractivity contribution in [2.45, 2.75) is 11.8 Å². The topological polar surface area (TPSA) is 129 Å². The number of H-pyrrole nitrogens is 1. The average molecular weight is 315 g/mol. The number of hydrogen-bond acceptors (Lipinski definition) is 5. The van der Waals surface area contributed by atoms with Gasteiger partial charge >= 0.3 is 0 Å².